The standard InChI is InChI=1S/C22H16BrN7O5/c1-12(31)24-14-6-8-16(9-7-14)26-22-21(25-15-4-2-13(23)3-5-15)27-17-10-19(29(32)33)20(30(34)35)11-18(17)28-22/h2-11H,1H3,(H,24,31)(H,25,27)(H,26,28). The third-order valence-electron chi connectivity index (χ3n) is 4.73. The van der Waals surface area contributed by atoms with E-state index < -0.39 is 21.2 Å². The van der Waals surface area contributed by atoms with E-state index in [4.69, 9.17) is 0 Å². The minimum Gasteiger partial charge on any atom is -0.337 e. The summed E-state index contributed by atoms with van der Waals surface area (Å²) in [5.41, 5.74) is 0.709. The van der Waals surface area contributed by atoms with E-state index in [1.807, 2.05) is 12.1 Å². The summed E-state index contributed by atoms with van der Waals surface area (Å²) in [5, 5.41) is 31.6. The molecule has 0 atom stereocenters. The van der Waals surface area contributed by atoms with Gasteiger partial charge in [-0.3, -0.25) is 25.0 Å². The van der Waals surface area contributed by atoms with E-state index >= 15 is 0 Å². The Hall–Kier alpha value is -4.65. The molecule has 4 rings (SSSR count). The smallest absolute Gasteiger partial charge is 0.337 e. The molecule has 1 heterocycles. The molecule has 0 bridgehead atoms. The summed E-state index contributed by atoms with van der Waals surface area (Å²) in [6.07, 6.45) is 0. The monoisotopic (exact) mass is 537 g/mol. The van der Waals surface area contributed by atoms with E-state index in [1.165, 1.54) is 6.92 Å². The van der Waals surface area contributed by atoms with Crippen molar-refractivity contribution in [2.75, 3.05) is 16.0 Å². The van der Waals surface area contributed by atoms with Crippen molar-refractivity contribution in [1.82, 2.24) is 9.97 Å². The SMILES string of the molecule is CC(=O)Nc1ccc(Nc2nc3cc([N+](=O)[O-])c([N+](=O)[O-])cc3nc2Nc2ccc(Br)cc2)cc1. The number of aromatic nitrogens is 2. The van der Waals surface area contributed by atoms with Crippen molar-refractivity contribution in [2.24, 2.45) is 0 Å². The van der Waals surface area contributed by atoms with Gasteiger partial charge >= 0.3 is 11.4 Å². The lowest BCUT2D eigenvalue weighted by Crippen LogP contribution is -2.06. The first kappa shape index (κ1) is 23.5. The lowest BCUT2D eigenvalue weighted by atomic mass is 10.2. The van der Waals surface area contributed by atoms with Crippen molar-refractivity contribution in [2.45, 2.75) is 6.92 Å². The Bertz CT molecular complexity index is 1460. The van der Waals surface area contributed by atoms with Gasteiger partial charge in [-0.2, -0.15) is 0 Å². The third kappa shape index (κ3) is 5.47. The predicted molar refractivity (Wildman–Crippen MR) is 134 cm³/mol. The summed E-state index contributed by atoms with van der Waals surface area (Å²) in [7, 11) is 0. The fourth-order valence-electron chi connectivity index (χ4n) is 3.19. The molecular weight excluding hydrogens is 522 g/mol. The molecule has 12 nitrogen and oxygen atoms in total. The molecule has 13 heteroatoms. The van der Waals surface area contributed by atoms with Gasteiger partial charge in [-0.15, -0.1) is 0 Å². The molecule has 0 spiro atoms. The van der Waals surface area contributed by atoms with Crippen LogP contribution in [0.15, 0.2) is 65.1 Å². The highest BCUT2D eigenvalue weighted by atomic mass is 79.9. The molecule has 3 N–H and O–H groups in total. The van der Waals surface area contributed by atoms with Crippen molar-refractivity contribution in [3.8, 4) is 0 Å². The zero-order valence-corrected chi connectivity index (χ0v) is 19.6. The van der Waals surface area contributed by atoms with E-state index in [2.05, 4.69) is 41.8 Å². The minimum atomic E-state index is -0.832. The van der Waals surface area contributed by atoms with Crippen molar-refractivity contribution < 1.29 is 14.6 Å². The topological polar surface area (TPSA) is 165 Å². The Balaban J connectivity index is 1.80. The van der Waals surface area contributed by atoms with Crippen LogP contribution in [-0.2, 0) is 4.79 Å². The van der Waals surface area contributed by atoms with Gasteiger partial charge in [0.1, 0.15) is 0 Å². The zero-order chi connectivity index (χ0) is 25.1. The maximum absolute atomic E-state index is 11.4. The molecule has 0 aliphatic carbocycles. The number of hydrogen-bond donors (Lipinski definition) is 3. The van der Waals surface area contributed by atoms with Crippen molar-refractivity contribution in [3.63, 3.8) is 0 Å². The molecule has 0 saturated carbocycles. The fourth-order valence-corrected chi connectivity index (χ4v) is 3.46. The van der Waals surface area contributed by atoms with Crippen molar-refractivity contribution in [3.05, 3.63) is 85.4 Å². The first-order valence-electron chi connectivity index (χ1n) is 10.0. The molecule has 0 fully saturated rings. The summed E-state index contributed by atoms with van der Waals surface area (Å²) < 4.78 is 0.869. The number of rotatable bonds is 7. The highest BCUT2D eigenvalue weighted by Gasteiger charge is 2.26. The quantitative estimate of drug-likeness (QED) is 0.199. The normalized spacial score (nSPS) is 10.6. The number of halogens is 1. The molecule has 1 amide bonds. The molecule has 0 unspecified atom stereocenters. The van der Waals surface area contributed by atoms with Gasteiger partial charge in [0.15, 0.2) is 11.6 Å². The first-order valence-corrected chi connectivity index (χ1v) is 10.8. The Morgan fingerprint density at radius 1 is 0.771 bits per heavy atom. The number of fused-ring (bicyclic) bond motifs is 1. The molecular formula is C22H16BrN7O5. The summed E-state index contributed by atoms with van der Waals surface area (Å²) in [4.78, 5) is 41.3. The lowest BCUT2D eigenvalue weighted by Gasteiger charge is -2.14. The van der Waals surface area contributed by atoms with Crippen LogP contribution >= 0.6 is 15.9 Å². The molecule has 0 aliphatic rings. The number of carbonyl (C=O) groups is 1. The second-order valence-corrected chi connectivity index (χ2v) is 8.20. The maximum atomic E-state index is 11.4. The largest absolute Gasteiger partial charge is 0.348 e. The van der Waals surface area contributed by atoms with Crippen LogP contribution in [0.5, 0.6) is 0 Å². The van der Waals surface area contributed by atoms with Gasteiger partial charge in [0.05, 0.1) is 33.0 Å². The molecule has 4 aromatic rings. The lowest BCUT2D eigenvalue weighted by molar-refractivity contribution is -0.422. The predicted octanol–water partition coefficient (Wildman–Crippen LogP) is 5.65. The van der Waals surface area contributed by atoms with Gasteiger partial charge in [-0.25, -0.2) is 9.97 Å². The van der Waals surface area contributed by atoms with Crippen LogP contribution in [-0.4, -0.2) is 25.7 Å². The van der Waals surface area contributed by atoms with Gasteiger partial charge in [-0.05, 0) is 48.5 Å². The zero-order valence-electron chi connectivity index (χ0n) is 18.0. The van der Waals surface area contributed by atoms with Crippen molar-refractivity contribution >= 4 is 72.9 Å². The van der Waals surface area contributed by atoms with Crippen LogP contribution in [0.4, 0.5) is 40.1 Å². The third-order valence-corrected chi connectivity index (χ3v) is 5.26. The fraction of sp³-hybridized carbons (Fsp3) is 0.0455. The number of amides is 1. The van der Waals surface area contributed by atoms with E-state index in [0.29, 0.717) is 17.1 Å². The van der Waals surface area contributed by atoms with Crippen LogP contribution in [0, 0.1) is 20.2 Å². The molecule has 0 aliphatic heterocycles. The number of nitro benzene ring substituents is 2. The first-order chi connectivity index (χ1) is 16.7. The van der Waals surface area contributed by atoms with Gasteiger partial charge in [-0.1, -0.05) is 15.9 Å². The number of benzene rings is 3. The van der Waals surface area contributed by atoms with Crippen LogP contribution in [0.2, 0.25) is 0 Å². The molecule has 1 aromatic heterocycles. The van der Waals surface area contributed by atoms with Gasteiger partial charge in [0.2, 0.25) is 5.91 Å². The molecule has 176 valence electrons. The summed E-state index contributed by atoms with van der Waals surface area (Å²) in [6, 6.07) is 16.1. The van der Waals surface area contributed by atoms with Gasteiger partial charge in [0, 0.05) is 28.5 Å². The number of hydrogen-bond acceptors (Lipinski definition) is 9. The van der Waals surface area contributed by atoms with Crippen LogP contribution in [0.3, 0.4) is 0 Å². The van der Waals surface area contributed by atoms with Crippen LogP contribution < -0.4 is 16.0 Å². The second kappa shape index (κ2) is 9.69. The average molecular weight is 538 g/mol. The van der Waals surface area contributed by atoms with Gasteiger partial charge < -0.3 is 16.0 Å². The molecule has 3 aromatic carbocycles. The summed E-state index contributed by atoms with van der Waals surface area (Å²) >= 11 is 3.37. The van der Waals surface area contributed by atoms with E-state index in [0.717, 1.165) is 16.6 Å². The van der Waals surface area contributed by atoms with E-state index in [-0.39, 0.29) is 28.6 Å². The van der Waals surface area contributed by atoms with E-state index in [1.54, 1.807) is 36.4 Å². The molecule has 35 heavy (non-hydrogen) atoms. The van der Waals surface area contributed by atoms with Crippen LogP contribution in [0.25, 0.3) is 11.0 Å². The Labute approximate surface area is 205 Å². The van der Waals surface area contributed by atoms with Crippen LogP contribution in [0.1, 0.15) is 6.92 Å². The molecule has 0 saturated heterocycles. The maximum Gasteiger partial charge on any atom is 0.348 e. The summed E-state index contributed by atoms with van der Waals surface area (Å²) in [5.74, 6) is 0.271. The number of nitro groups is 2. The van der Waals surface area contributed by atoms with Gasteiger partial charge in [0.25, 0.3) is 0 Å². The number of carbonyl (C=O) groups excluding carboxylic acids is 1. The van der Waals surface area contributed by atoms with Crippen molar-refractivity contribution in [1.29, 1.82) is 0 Å². The number of anilines is 5. The highest BCUT2D eigenvalue weighted by Crippen LogP contribution is 2.34. The minimum absolute atomic E-state index is 0.0982. The Morgan fingerprint density at radius 2 is 1.17 bits per heavy atom. The number of nitrogens with zero attached hydrogens (tertiary/aromatic N) is 4. The Morgan fingerprint density at radius 3 is 1.57 bits per heavy atom. The average Bonchev–Trinajstić information content (AvgIpc) is 2.81. The number of nitrogens with one attached hydrogen (secondary N) is 3. The molecule has 0 radical (unpaired) electrons. The second-order valence-electron chi connectivity index (χ2n) is 7.28. The Kier molecular flexibility index (Phi) is 6.51. The summed E-state index contributed by atoms with van der Waals surface area (Å²) in [6.45, 7) is 1.40. The van der Waals surface area contributed by atoms with E-state index in [9.17, 15) is 25.0 Å². The highest BCUT2D eigenvalue weighted by molar-refractivity contribution is 9.10.